The summed E-state index contributed by atoms with van der Waals surface area (Å²) < 4.78 is 55.4. The minimum absolute atomic E-state index is 0.0191. The first-order valence-electron chi connectivity index (χ1n) is 20.6. The fourth-order valence-electron chi connectivity index (χ4n) is 10.3. The van der Waals surface area contributed by atoms with E-state index in [9.17, 15) is 4.79 Å². The number of hydrogen-bond acceptors (Lipinski definition) is 5. The second-order valence-electron chi connectivity index (χ2n) is 18.1. The van der Waals surface area contributed by atoms with Crippen LogP contribution >= 0.6 is 0 Å². The molecule has 4 aromatic carbocycles. The summed E-state index contributed by atoms with van der Waals surface area (Å²) in [6.45, 7) is 12.5. The van der Waals surface area contributed by atoms with Crippen molar-refractivity contribution in [2.24, 2.45) is 18.9 Å². The molecule has 0 spiro atoms. The monoisotopic (exact) mass is 805 g/mol. The van der Waals surface area contributed by atoms with Gasteiger partial charge in [0, 0.05) is 24.8 Å². The van der Waals surface area contributed by atoms with Gasteiger partial charge in [0.1, 0.15) is 12.2 Å². The molecule has 58 heavy (non-hydrogen) atoms. The number of likely N-dealkylation sites (tertiary alicyclic amines) is 1. The van der Waals surface area contributed by atoms with E-state index in [0.717, 1.165) is 60.5 Å². The lowest BCUT2D eigenvalue weighted by Crippen LogP contribution is -2.67. The summed E-state index contributed by atoms with van der Waals surface area (Å²) in [5.41, 5.74) is 1.01. The summed E-state index contributed by atoms with van der Waals surface area (Å²) in [7, 11) is -1.12. The zero-order chi connectivity index (χ0) is 41.0. The first-order chi connectivity index (χ1) is 27.6. The SMILES string of the molecule is CC1CC(c2cccc(N3Cc4c(cc(C(CO[Si](c5ccccc5)(c5ccccc5)C(C)(C)C)N5CCC[C@H](C)C5)cc4C(F)(F)F)C3=O)c2)(c2nncn2C)C1. The molecule has 1 amide bonds. The molecule has 304 valence electrons. The van der Waals surface area contributed by atoms with Crippen molar-refractivity contribution in [2.45, 2.75) is 89.5 Å². The normalized spacial score (nSPS) is 22.2. The molecule has 1 unspecified atom stereocenters. The van der Waals surface area contributed by atoms with Crippen LogP contribution in [0.25, 0.3) is 0 Å². The van der Waals surface area contributed by atoms with E-state index in [0.29, 0.717) is 23.1 Å². The van der Waals surface area contributed by atoms with Gasteiger partial charge < -0.3 is 13.9 Å². The summed E-state index contributed by atoms with van der Waals surface area (Å²) in [5, 5.41) is 10.5. The zero-order valence-corrected chi connectivity index (χ0v) is 35.4. The van der Waals surface area contributed by atoms with Crippen molar-refractivity contribution in [2.75, 3.05) is 24.6 Å². The van der Waals surface area contributed by atoms with Crippen LogP contribution in [0.1, 0.15) is 105 Å². The second kappa shape index (κ2) is 15.2. The molecule has 0 N–H and O–H groups in total. The van der Waals surface area contributed by atoms with E-state index in [-0.39, 0.29) is 34.7 Å². The third kappa shape index (κ3) is 7.02. The van der Waals surface area contributed by atoms with Gasteiger partial charge in [-0.25, -0.2) is 0 Å². The highest BCUT2D eigenvalue weighted by atomic mass is 28.4. The Labute approximate surface area is 341 Å². The molecule has 0 radical (unpaired) electrons. The number of nitrogens with zero attached hydrogens (tertiary/aromatic N) is 5. The maximum Gasteiger partial charge on any atom is 0.416 e. The molecule has 1 saturated heterocycles. The first kappa shape index (κ1) is 40.2. The van der Waals surface area contributed by atoms with Crippen molar-refractivity contribution < 1.29 is 22.4 Å². The van der Waals surface area contributed by atoms with Crippen molar-refractivity contribution >= 4 is 30.3 Å². The van der Waals surface area contributed by atoms with Crippen LogP contribution in [0.2, 0.25) is 5.04 Å². The highest BCUT2D eigenvalue weighted by molar-refractivity contribution is 6.99. The molecule has 8 rings (SSSR count). The number of aromatic nitrogens is 3. The number of carbonyl (C=O) groups excluding carboxylic acids is 1. The molecule has 2 atom stereocenters. The predicted octanol–water partition coefficient (Wildman–Crippen LogP) is 9.06. The van der Waals surface area contributed by atoms with Crippen LogP contribution < -0.4 is 15.3 Å². The third-order valence-electron chi connectivity index (χ3n) is 13.0. The third-order valence-corrected chi connectivity index (χ3v) is 18.0. The number of aryl methyl sites for hydroxylation is 1. The van der Waals surface area contributed by atoms with Gasteiger partial charge in [-0.2, -0.15) is 13.2 Å². The number of rotatable bonds is 10. The van der Waals surface area contributed by atoms with Gasteiger partial charge in [0.2, 0.25) is 0 Å². The molecule has 1 saturated carbocycles. The van der Waals surface area contributed by atoms with Crippen LogP contribution in [0.5, 0.6) is 0 Å². The number of amides is 1. The van der Waals surface area contributed by atoms with Crippen molar-refractivity contribution in [1.82, 2.24) is 19.7 Å². The summed E-state index contributed by atoms with van der Waals surface area (Å²) in [6.07, 6.45) is 0.745. The van der Waals surface area contributed by atoms with Gasteiger partial charge in [0.25, 0.3) is 14.2 Å². The molecule has 2 fully saturated rings. The molecule has 3 aliphatic rings. The number of halogens is 3. The number of piperidine rings is 1. The van der Waals surface area contributed by atoms with E-state index in [1.165, 1.54) is 11.0 Å². The number of benzene rings is 4. The fraction of sp³-hybridized carbons (Fsp3) is 0.426. The van der Waals surface area contributed by atoms with Crippen LogP contribution in [0.15, 0.2) is 103 Å². The number of alkyl halides is 3. The number of carbonyl (C=O) groups is 1. The molecule has 7 nitrogen and oxygen atoms in total. The average Bonchev–Trinajstić information content (AvgIpc) is 3.77. The summed E-state index contributed by atoms with van der Waals surface area (Å²) in [6, 6.07) is 30.9. The maximum absolute atomic E-state index is 15.3. The molecule has 1 aromatic heterocycles. The van der Waals surface area contributed by atoms with Crippen molar-refractivity contribution in [3.63, 3.8) is 0 Å². The summed E-state index contributed by atoms with van der Waals surface area (Å²) >= 11 is 0. The highest BCUT2D eigenvalue weighted by Gasteiger charge is 2.52. The Morgan fingerprint density at radius 3 is 2.14 bits per heavy atom. The molecule has 1 aliphatic carbocycles. The molecule has 0 bridgehead atoms. The molecular weight excluding hydrogens is 752 g/mol. The van der Waals surface area contributed by atoms with Gasteiger partial charge >= 0.3 is 6.18 Å². The maximum atomic E-state index is 15.3. The smallest absolute Gasteiger partial charge is 0.405 e. The molecule has 2 aliphatic heterocycles. The lowest BCUT2D eigenvalue weighted by atomic mass is 9.58. The predicted molar refractivity (Wildman–Crippen MR) is 225 cm³/mol. The van der Waals surface area contributed by atoms with E-state index >= 15 is 13.2 Å². The van der Waals surface area contributed by atoms with E-state index < -0.39 is 32.0 Å². The average molecular weight is 806 g/mol. The van der Waals surface area contributed by atoms with Gasteiger partial charge in [-0.15, -0.1) is 10.2 Å². The van der Waals surface area contributed by atoms with Crippen molar-refractivity contribution in [1.29, 1.82) is 0 Å². The standard InChI is InChI=1S/C47H54F3N5O2Si/c1-32-15-14-22-54(28-32)42(30-57-58(45(3,4)5,37-18-9-7-10-19-37)38-20-11-8-12-21-38)34-23-39-40(41(24-34)47(48,49)50)29-55(43(39)56)36-17-13-16-35(25-36)46(26-33(2)27-46)44-52-51-31-53(44)6/h7-13,16-21,23-25,31-33,42H,14-15,22,26-30H2,1-6H3/t32-,33?,42?,46?/m0/s1. The Hall–Kier alpha value is -4.58. The highest BCUT2D eigenvalue weighted by Crippen LogP contribution is 2.52. The quantitative estimate of drug-likeness (QED) is 0.132. The van der Waals surface area contributed by atoms with Crippen LogP contribution in [0.3, 0.4) is 0 Å². The minimum atomic E-state index is -4.67. The Morgan fingerprint density at radius 1 is 0.897 bits per heavy atom. The zero-order valence-electron chi connectivity index (χ0n) is 34.4. The molecule has 11 heteroatoms. The van der Waals surface area contributed by atoms with Gasteiger partial charge in [0.15, 0.2) is 0 Å². The lowest BCUT2D eigenvalue weighted by Gasteiger charge is -2.46. The summed E-state index contributed by atoms with van der Waals surface area (Å²) in [5.74, 6) is 1.27. The van der Waals surface area contributed by atoms with Gasteiger partial charge in [-0.3, -0.25) is 9.69 Å². The Kier molecular flexibility index (Phi) is 10.6. The molecule has 5 aromatic rings. The summed E-state index contributed by atoms with van der Waals surface area (Å²) in [4.78, 5) is 18.4. The van der Waals surface area contributed by atoms with E-state index in [1.807, 2.05) is 72.3 Å². The lowest BCUT2D eigenvalue weighted by molar-refractivity contribution is -0.138. The Morgan fingerprint density at radius 2 is 1.57 bits per heavy atom. The van der Waals surface area contributed by atoms with Crippen LogP contribution in [0, 0.1) is 11.8 Å². The first-order valence-corrected chi connectivity index (χ1v) is 22.5. The number of anilines is 1. The van der Waals surface area contributed by atoms with Gasteiger partial charge in [-0.05, 0) is 100 Å². The Bertz CT molecular complexity index is 2230. The fourth-order valence-corrected chi connectivity index (χ4v) is 14.9. The largest absolute Gasteiger partial charge is 0.416 e. The van der Waals surface area contributed by atoms with Crippen LogP contribution in [0.4, 0.5) is 18.9 Å². The van der Waals surface area contributed by atoms with Crippen molar-refractivity contribution in [3.8, 4) is 0 Å². The molecular formula is C47H54F3N5O2Si. The number of hydrogen-bond donors (Lipinski definition) is 0. The van der Waals surface area contributed by atoms with E-state index in [2.05, 4.69) is 74.0 Å². The molecule has 3 heterocycles. The minimum Gasteiger partial charge on any atom is -0.405 e. The van der Waals surface area contributed by atoms with Gasteiger partial charge in [-0.1, -0.05) is 107 Å². The van der Waals surface area contributed by atoms with Crippen LogP contribution in [-0.4, -0.2) is 53.6 Å². The second-order valence-corrected chi connectivity index (χ2v) is 22.4. The van der Waals surface area contributed by atoms with Crippen LogP contribution in [-0.2, 0) is 29.6 Å². The topological polar surface area (TPSA) is 63.5 Å². The van der Waals surface area contributed by atoms with Crippen molar-refractivity contribution in [3.05, 3.63) is 137 Å². The number of fused-ring (bicyclic) bond motifs is 1. The van der Waals surface area contributed by atoms with E-state index in [1.54, 1.807) is 12.4 Å². The van der Waals surface area contributed by atoms with Gasteiger partial charge in [0.05, 0.1) is 30.2 Å². The Balaban J connectivity index is 1.20. The van der Waals surface area contributed by atoms with E-state index in [4.69, 9.17) is 4.43 Å².